The number of carboxylic acid groups (broad SMARTS) is 1. The molecule has 0 radical (unpaired) electrons. The second-order valence-corrected chi connectivity index (χ2v) is 8.12. The van der Waals surface area contributed by atoms with Crippen LogP contribution in [0.1, 0.15) is 26.7 Å². The number of thiophene rings is 1. The molecule has 0 aromatic carbocycles. The first-order valence-electron chi connectivity index (χ1n) is 5.34. The molecule has 1 unspecified atom stereocenters. The summed E-state index contributed by atoms with van der Waals surface area (Å²) in [6, 6.07) is 1.20. The maximum atomic E-state index is 12.2. The lowest BCUT2D eigenvalue weighted by Gasteiger charge is -2.25. The van der Waals surface area contributed by atoms with E-state index in [0.29, 0.717) is 6.42 Å². The molecule has 5 nitrogen and oxygen atoms in total. The molecular weight excluding hydrogens is 333 g/mol. The average molecular weight is 346 g/mol. The molecule has 0 spiro atoms. The van der Waals surface area contributed by atoms with Crippen LogP contribution in [0, 0.1) is 0 Å². The number of carbonyl (C=O) groups is 1. The van der Waals surface area contributed by atoms with Gasteiger partial charge in [-0.3, -0.25) is 4.79 Å². The number of halogens is 2. The number of sulfonamides is 1. The van der Waals surface area contributed by atoms with E-state index in [1.54, 1.807) is 6.92 Å². The predicted octanol–water partition coefficient (Wildman–Crippen LogP) is 2.98. The third-order valence-corrected chi connectivity index (χ3v) is 5.85. The Balaban J connectivity index is 3.15. The Morgan fingerprint density at radius 2 is 2.11 bits per heavy atom. The summed E-state index contributed by atoms with van der Waals surface area (Å²) in [6.45, 7) is 3.09. The van der Waals surface area contributed by atoms with E-state index < -0.39 is 21.5 Å². The molecule has 9 heteroatoms. The van der Waals surface area contributed by atoms with Gasteiger partial charge in [-0.1, -0.05) is 36.5 Å². The highest BCUT2D eigenvalue weighted by Gasteiger charge is 2.38. The first kappa shape index (κ1) is 16.7. The molecule has 19 heavy (non-hydrogen) atoms. The van der Waals surface area contributed by atoms with Crippen molar-refractivity contribution in [1.29, 1.82) is 0 Å². The van der Waals surface area contributed by atoms with Crippen molar-refractivity contribution in [3.8, 4) is 0 Å². The van der Waals surface area contributed by atoms with Gasteiger partial charge in [-0.15, -0.1) is 11.3 Å². The van der Waals surface area contributed by atoms with Gasteiger partial charge in [0.05, 0.1) is 4.34 Å². The van der Waals surface area contributed by atoms with E-state index in [2.05, 4.69) is 4.72 Å². The molecule has 0 bridgehead atoms. The molecule has 108 valence electrons. The summed E-state index contributed by atoms with van der Waals surface area (Å²) in [5.41, 5.74) is -1.58. The average Bonchev–Trinajstić information content (AvgIpc) is 2.57. The Bertz CT molecular complexity index is 584. The minimum absolute atomic E-state index is 0.00161. The summed E-state index contributed by atoms with van der Waals surface area (Å²) < 4.78 is 26.7. The molecule has 1 aromatic heterocycles. The largest absolute Gasteiger partial charge is 0.480 e. The maximum absolute atomic E-state index is 12.2. The van der Waals surface area contributed by atoms with Crippen molar-refractivity contribution in [2.75, 3.05) is 0 Å². The highest BCUT2D eigenvalue weighted by molar-refractivity contribution is 7.89. The normalized spacial score (nSPS) is 15.2. The summed E-state index contributed by atoms with van der Waals surface area (Å²) in [5, 5.41) is 9.16. The van der Waals surface area contributed by atoms with Gasteiger partial charge in [0, 0.05) is 0 Å². The highest BCUT2D eigenvalue weighted by atomic mass is 35.5. The number of carboxylic acids is 1. The summed E-state index contributed by atoms with van der Waals surface area (Å²) in [4.78, 5) is 11.0. The molecule has 1 atom stereocenters. The third-order valence-electron chi connectivity index (χ3n) is 2.50. The summed E-state index contributed by atoms with van der Waals surface area (Å²) >= 11 is 12.4. The maximum Gasteiger partial charge on any atom is 0.324 e. The van der Waals surface area contributed by atoms with Gasteiger partial charge in [0.15, 0.2) is 0 Å². The van der Waals surface area contributed by atoms with Gasteiger partial charge in [-0.2, -0.15) is 4.72 Å². The molecule has 0 aliphatic rings. The molecule has 2 N–H and O–H groups in total. The van der Waals surface area contributed by atoms with Crippen molar-refractivity contribution >= 4 is 50.5 Å². The lowest BCUT2D eigenvalue weighted by atomic mass is 9.98. The molecular formula is C10H13Cl2NO4S2. The molecule has 1 rings (SSSR count). The third kappa shape index (κ3) is 3.82. The molecule has 0 amide bonds. The lowest BCUT2D eigenvalue weighted by molar-refractivity contribution is -0.143. The van der Waals surface area contributed by atoms with Crippen molar-refractivity contribution in [2.24, 2.45) is 0 Å². The molecule has 0 aliphatic carbocycles. The van der Waals surface area contributed by atoms with Gasteiger partial charge >= 0.3 is 5.97 Å². The predicted molar refractivity (Wildman–Crippen MR) is 75.6 cm³/mol. The van der Waals surface area contributed by atoms with Crippen molar-refractivity contribution in [3.05, 3.63) is 14.7 Å². The summed E-state index contributed by atoms with van der Waals surface area (Å²) in [6.07, 6.45) is 0.681. The first-order valence-corrected chi connectivity index (χ1v) is 8.40. The van der Waals surface area contributed by atoms with Crippen LogP contribution in [0.4, 0.5) is 0 Å². The topological polar surface area (TPSA) is 83.5 Å². The number of nitrogens with one attached hydrogen (secondary N) is 1. The standard InChI is InChI=1S/C10H13Cl2NO4S2/c1-3-4-10(2,9(14)15)13-19(16,17)6-5-7(11)18-8(6)12/h5,13H,3-4H2,1-2H3,(H,14,15). The Morgan fingerprint density at radius 3 is 2.47 bits per heavy atom. The van der Waals surface area contributed by atoms with E-state index in [1.165, 1.54) is 13.0 Å². The van der Waals surface area contributed by atoms with E-state index in [9.17, 15) is 13.2 Å². The minimum atomic E-state index is -4.03. The lowest BCUT2D eigenvalue weighted by Crippen LogP contribution is -2.51. The smallest absolute Gasteiger partial charge is 0.324 e. The molecule has 0 fully saturated rings. The van der Waals surface area contributed by atoms with Gasteiger partial charge in [-0.05, 0) is 19.4 Å². The first-order chi connectivity index (χ1) is 8.62. The second-order valence-electron chi connectivity index (χ2n) is 4.18. The van der Waals surface area contributed by atoms with E-state index in [4.69, 9.17) is 28.3 Å². The van der Waals surface area contributed by atoms with Crippen molar-refractivity contribution in [1.82, 2.24) is 4.72 Å². The molecule has 0 saturated carbocycles. The van der Waals surface area contributed by atoms with Crippen LogP contribution < -0.4 is 4.72 Å². The number of hydrogen-bond donors (Lipinski definition) is 2. The monoisotopic (exact) mass is 345 g/mol. The number of rotatable bonds is 6. The zero-order valence-electron chi connectivity index (χ0n) is 10.2. The van der Waals surface area contributed by atoms with Crippen LogP contribution in [-0.4, -0.2) is 25.0 Å². The zero-order chi connectivity index (χ0) is 14.8. The van der Waals surface area contributed by atoms with Gasteiger partial charge in [0.1, 0.15) is 14.8 Å². The molecule has 0 aliphatic heterocycles. The number of hydrogen-bond acceptors (Lipinski definition) is 4. The van der Waals surface area contributed by atoms with Crippen LogP contribution in [0.15, 0.2) is 11.0 Å². The van der Waals surface area contributed by atoms with Crippen LogP contribution in [0.3, 0.4) is 0 Å². The van der Waals surface area contributed by atoms with Gasteiger partial charge in [0.2, 0.25) is 10.0 Å². The highest BCUT2D eigenvalue weighted by Crippen LogP contribution is 2.34. The second kappa shape index (κ2) is 5.97. The molecule has 1 aromatic rings. The van der Waals surface area contributed by atoms with Gasteiger partial charge in [-0.25, -0.2) is 8.42 Å². The van der Waals surface area contributed by atoms with E-state index in [-0.39, 0.29) is 20.0 Å². The minimum Gasteiger partial charge on any atom is -0.480 e. The summed E-state index contributed by atoms with van der Waals surface area (Å²) in [5.74, 6) is -1.24. The van der Waals surface area contributed by atoms with Crippen LogP contribution in [0.2, 0.25) is 8.67 Å². The van der Waals surface area contributed by atoms with Crippen LogP contribution in [-0.2, 0) is 14.8 Å². The van der Waals surface area contributed by atoms with Crippen LogP contribution in [0.25, 0.3) is 0 Å². The Hall–Kier alpha value is -0.340. The quantitative estimate of drug-likeness (QED) is 0.829. The van der Waals surface area contributed by atoms with Crippen LogP contribution >= 0.6 is 34.5 Å². The Labute approximate surface area is 125 Å². The Kier molecular flexibility index (Phi) is 5.25. The van der Waals surface area contributed by atoms with E-state index in [1.807, 2.05) is 0 Å². The van der Waals surface area contributed by atoms with Gasteiger partial charge < -0.3 is 5.11 Å². The van der Waals surface area contributed by atoms with Gasteiger partial charge in [0.25, 0.3) is 0 Å². The fourth-order valence-corrected chi connectivity index (χ4v) is 5.11. The van der Waals surface area contributed by atoms with Crippen molar-refractivity contribution < 1.29 is 18.3 Å². The van der Waals surface area contributed by atoms with Crippen molar-refractivity contribution in [2.45, 2.75) is 37.1 Å². The Morgan fingerprint density at radius 1 is 1.53 bits per heavy atom. The van der Waals surface area contributed by atoms with Crippen LogP contribution in [0.5, 0.6) is 0 Å². The SMILES string of the molecule is CCCC(C)(NS(=O)(=O)c1cc(Cl)sc1Cl)C(=O)O. The molecule has 1 heterocycles. The molecule has 0 saturated heterocycles. The van der Waals surface area contributed by atoms with Crippen molar-refractivity contribution in [3.63, 3.8) is 0 Å². The van der Waals surface area contributed by atoms with E-state index in [0.717, 1.165) is 11.3 Å². The zero-order valence-corrected chi connectivity index (χ0v) is 13.4. The van der Waals surface area contributed by atoms with E-state index >= 15 is 0 Å². The number of aliphatic carboxylic acids is 1. The summed E-state index contributed by atoms with van der Waals surface area (Å²) in [7, 11) is -4.03. The fourth-order valence-electron chi connectivity index (χ4n) is 1.56. The fraction of sp³-hybridized carbons (Fsp3) is 0.500.